The van der Waals surface area contributed by atoms with Gasteiger partial charge < -0.3 is 15.1 Å². The quantitative estimate of drug-likeness (QED) is 0.798. The normalized spacial score (nSPS) is 10.7. The van der Waals surface area contributed by atoms with Crippen LogP contribution in [0.2, 0.25) is 0 Å². The number of nitrogens with zero attached hydrogens (tertiary/aromatic N) is 5. The fourth-order valence-electron chi connectivity index (χ4n) is 1.98. The van der Waals surface area contributed by atoms with E-state index in [0.717, 1.165) is 37.8 Å². The molecule has 6 nitrogen and oxygen atoms in total. The van der Waals surface area contributed by atoms with Crippen molar-refractivity contribution in [2.45, 2.75) is 6.42 Å². The van der Waals surface area contributed by atoms with Crippen LogP contribution in [-0.4, -0.2) is 60.6 Å². The summed E-state index contributed by atoms with van der Waals surface area (Å²) in [5, 5.41) is 3.32. The summed E-state index contributed by atoms with van der Waals surface area (Å²) in [6.07, 6.45) is 6.38. The van der Waals surface area contributed by atoms with E-state index in [1.165, 1.54) is 5.56 Å². The van der Waals surface area contributed by atoms with E-state index < -0.39 is 0 Å². The van der Waals surface area contributed by atoms with E-state index in [1.807, 2.05) is 37.6 Å². The van der Waals surface area contributed by atoms with Crippen molar-refractivity contribution in [1.82, 2.24) is 19.9 Å². The highest BCUT2D eigenvalue weighted by molar-refractivity contribution is 5.40. The van der Waals surface area contributed by atoms with Crippen molar-refractivity contribution in [1.29, 1.82) is 0 Å². The number of hydrogen-bond donors (Lipinski definition) is 1. The predicted octanol–water partition coefficient (Wildman–Crippen LogP) is 1.52. The summed E-state index contributed by atoms with van der Waals surface area (Å²) in [6, 6.07) is 5.97. The topological polar surface area (TPSA) is 57.2 Å². The Kier molecular flexibility index (Phi) is 6.09. The van der Waals surface area contributed by atoms with Crippen LogP contribution < -0.4 is 10.2 Å². The molecule has 22 heavy (non-hydrogen) atoms. The van der Waals surface area contributed by atoms with Crippen molar-refractivity contribution in [3.8, 4) is 0 Å². The summed E-state index contributed by atoms with van der Waals surface area (Å²) in [4.78, 5) is 17.1. The first kappa shape index (κ1) is 16.2. The molecular formula is C16H24N6. The number of aromatic nitrogens is 3. The van der Waals surface area contributed by atoms with Crippen molar-refractivity contribution >= 4 is 11.8 Å². The third-order valence-corrected chi connectivity index (χ3v) is 3.33. The predicted molar refractivity (Wildman–Crippen MR) is 90.3 cm³/mol. The fourth-order valence-corrected chi connectivity index (χ4v) is 1.98. The van der Waals surface area contributed by atoms with Crippen LogP contribution in [0.4, 0.5) is 11.8 Å². The van der Waals surface area contributed by atoms with Gasteiger partial charge in [0.05, 0.1) is 0 Å². The molecule has 0 spiro atoms. The molecule has 1 N–H and O–H groups in total. The minimum absolute atomic E-state index is 0.740. The summed E-state index contributed by atoms with van der Waals surface area (Å²) in [7, 11) is 6.13. The van der Waals surface area contributed by atoms with Crippen LogP contribution in [0.1, 0.15) is 5.56 Å². The first-order valence-corrected chi connectivity index (χ1v) is 7.47. The lowest BCUT2D eigenvalue weighted by molar-refractivity contribution is 0.425. The Hall–Kier alpha value is -2.21. The van der Waals surface area contributed by atoms with Gasteiger partial charge in [0, 0.05) is 45.3 Å². The first-order valence-electron chi connectivity index (χ1n) is 7.47. The van der Waals surface area contributed by atoms with Crippen LogP contribution in [0.5, 0.6) is 0 Å². The van der Waals surface area contributed by atoms with Crippen LogP contribution >= 0.6 is 0 Å². The Morgan fingerprint density at radius 1 is 1.00 bits per heavy atom. The van der Waals surface area contributed by atoms with Gasteiger partial charge in [-0.15, -0.1) is 0 Å². The van der Waals surface area contributed by atoms with Crippen molar-refractivity contribution < 1.29 is 0 Å². The second-order valence-electron chi connectivity index (χ2n) is 5.50. The molecule has 6 heteroatoms. The zero-order valence-corrected chi connectivity index (χ0v) is 13.5. The molecule has 0 fully saturated rings. The van der Waals surface area contributed by atoms with Crippen LogP contribution in [0.3, 0.4) is 0 Å². The lowest BCUT2D eigenvalue weighted by Crippen LogP contribution is -2.24. The van der Waals surface area contributed by atoms with Gasteiger partial charge in [-0.25, -0.2) is 4.98 Å². The molecular weight excluding hydrogens is 276 g/mol. The molecule has 0 atom stereocenters. The highest BCUT2D eigenvalue weighted by atomic mass is 15.2. The lowest BCUT2D eigenvalue weighted by Gasteiger charge is -2.18. The van der Waals surface area contributed by atoms with Gasteiger partial charge in [-0.3, -0.25) is 4.98 Å². The second-order valence-corrected chi connectivity index (χ2v) is 5.50. The number of rotatable bonds is 8. The Labute approximate surface area is 132 Å². The molecule has 0 amide bonds. The van der Waals surface area contributed by atoms with E-state index in [2.05, 4.69) is 44.2 Å². The maximum absolute atomic E-state index is 4.55. The number of nitrogens with one attached hydrogen (secondary N) is 1. The highest BCUT2D eigenvalue weighted by Gasteiger charge is 2.05. The summed E-state index contributed by atoms with van der Waals surface area (Å²) in [6.45, 7) is 2.70. The van der Waals surface area contributed by atoms with Gasteiger partial charge in [-0.1, -0.05) is 0 Å². The minimum Gasteiger partial charge on any atom is -0.369 e. The summed E-state index contributed by atoms with van der Waals surface area (Å²) in [5.74, 6) is 1.60. The summed E-state index contributed by atoms with van der Waals surface area (Å²) in [5.41, 5.74) is 1.27. The largest absolute Gasteiger partial charge is 0.369 e. The number of pyridine rings is 1. The Balaban J connectivity index is 1.88. The average molecular weight is 300 g/mol. The molecule has 0 bridgehead atoms. The molecule has 2 aromatic rings. The van der Waals surface area contributed by atoms with E-state index in [1.54, 1.807) is 6.20 Å². The van der Waals surface area contributed by atoms with Gasteiger partial charge in [0.25, 0.3) is 0 Å². The smallest absolute Gasteiger partial charge is 0.226 e. The third kappa shape index (κ3) is 5.29. The van der Waals surface area contributed by atoms with Gasteiger partial charge in [0.15, 0.2) is 0 Å². The van der Waals surface area contributed by atoms with Gasteiger partial charge >= 0.3 is 0 Å². The van der Waals surface area contributed by atoms with E-state index in [0.29, 0.717) is 0 Å². The first-order chi connectivity index (χ1) is 10.6. The molecule has 0 aromatic carbocycles. The zero-order valence-electron chi connectivity index (χ0n) is 13.5. The molecule has 0 aliphatic carbocycles. The van der Waals surface area contributed by atoms with Crippen LogP contribution in [0.25, 0.3) is 0 Å². The van der Waals surface area contributed by atoms with E-state index >= 15 is 0 Å². The van der Waals surface area contributed by atoms with Gasteiger partial charge in [-0.2, -0.15) is 4.98 Å². The number of hydrogen-bond acceptors (Lipinski definition) is 6. The van der Waals surface area contributed by atoms with Crippen molar-refractivity contribution in [3.63, 3.8) is 0 Å². The molecule has 2 rings (SSSR count). The van der Waals surface area contributed by atoms with Gasteiger partial charge in [0.2, 0.25) is 5.95 Å². The molecule has 0 aliphatic heterocycles. The lowest BCUT2D eigenvalue weighted by atomic mass is 10.2. The molecule has 0 unspecified atom stereocenters. The summed E-state index contributed by atoms with van der Waals surface area (Å²) < 4.78 is 0. The summed E-state index contributed by atoms with van der Waals surface area (Å²) >= 11 is 0. The molecule has 2 aromatic heterocycles. The Bertz CT molecular complexity index is 558. The molecule has 0 radical (unpaired) electrons. The van der Waals surface area contributed by atoms with Crippen molar-refractivity contribution in [2.75, 3.05) is 51.0 Å². The van der Waals surface area contributed by atoms with Crippen molar-refractivity contribution in [2.24, 2.45) is 0 Å². The van der Waals surface area contributed by atoms with E-state index in [9.17, 15) is 0 Å². The SMILES string of the molecule is CN(C)CCNc1ccnc(N(C)CCc2ccncc2)n1. The standard InChI is InChI=1S/C16H24N6/c1-21(2)13-11-18-15-6-10-19-16(20-15)22(3)12-7-14-4-8-17-9-5-14/h4-6,8-10H,7,11-13H2,1-3H3,(H,18,19,20). The molecule has 0 saturated carbocycles. The molecule has 2 heterocycles. The van der Waals surface area contributed by atoms with Gasteiger partial charge in [-0.05, 0) is 44.3 Å². The average Bonchev–Trinajstić information content (AvgIpc) is 2.53. The monoisotopic (exact) mass is 300 g/mol. The molecule has 0 saturated heterocycles. The minimum atomic E-state index is 0.740. The van der Waals surface area contributed by atoms with Gasteiger partial charge in [0.1, 0.15) is 5.82 Å². The number of likely N-dealkylation sites (N-methyl/N-ethyl adjacent to an activating group) is 2. The van der Waals surface area contributed by atoms with Crippen LogP contribution in [-0.2, 0) is 6.42 Å². The van der Waals surface area contributed by atoms with E-state index in [4.69, 9.17) is 0 Å². The van der Waals surface area contributed by atoms with Crippen LogP contribution in [0.15, 0.2) is 36.8 Å². The molecule has 0 aliphatic rings. The zero-order chi connectivity index (χ0) is 15.8. The van der Waals surface area contributed by atoms with E-state index in [-0.39, 0.29) is 0 Å². The maximum Gasteiger partial charge on any atom is 0.226 e. The second kappa shape index (κ2) is 8.29. The molecule has 118 valence electrons. The van der Waals surface area contributed by atoms with Crippen molar-refractivity contribution in [3.05, 3.63) is 42.4 Å². The Morgan fingerprint density at radius 3 is 2.50 bits per heavy atom. The Morgan fingerprint density at radius 2 is 1.77 bits per heavy atom. The third-order valence-electron chi connectivity index (χ3n) is 3.33. The number of anilines is 2. The van der Waals surface area contributed by atoms with Crippen LogP contribution in [0, 0.1) is 0 Å². The maximum atomic E-state index is 4.55. The highest BCUT2D eigenvalue weighted by Crippen LogP contribution is 2.10. The fraction of sp³-hybridized carbons (Fsp3) is 0.438.